The molecule has 5 heteroatoms. The summed E-state index contributed by atoms with van der Waals surface area (Å²) >= 11 is 0. The molecular weight excluding hydrogens is 304 g/mol. The molecule has 5 nitrogen and oxygen atoms in total. The van der Waals surface area contributed by atoms with Crippen molar-refractivity contribution in [1.82, 2.24) is 5.43 Å². The molecule has 1 amide bonds. The van der Waals surface area contributed by atoms with Crippen LogP contribution in [-0.4, -0.2) is 25.3 Å². The molecule has 0 saturated carbocycles. The number of para-hydroxylation sites is 2. The van der Waals surface area contributed by atoms with Crippen molar-refractivity contribution in [2.75, 3.05) is 13.7 Å². The number of rotatable bonds is 6. The molecule has 0 saturated heterocycles. The SMILES string of the molecule is C=C(C)C1CC=C(C)C(=NNC(=O)COc2ccccc2OC)C1. The molecule has 1 unspecified atom stereocenters. The summed E-state index contributed by atoms with van der Waals surface area (Å²) in [6.07, 6.45) is 3.91. The number of benzene rings is 1. The zero-order valence-corrected chi connectivity index (χ0v) is 14.5. The van der Waals surface area contributed by atoms with Crippen LogP contribution in [0.1, 0.15) is 26.7 Å². The average Bonchev–Trinajstić information content (AvgIpc) is 2.59. The van der Waals surface area contributed by atoms with Gasteiger partial charge in [0.2, 0.25) is 0 Å². The van der Waals surface area contributed by atoms with Gasteiger partial charge in [-0.2, -0.15) is 5.10 Å². The van der Waals surface area contributed by atoms with Gasteiger partial charge >= 0.3 is 0 Å². The lowest BCUT2D eigenvalue weighted by Crippen LogP contribution is -2.27. The lowest BCUT2D eigenvalue weighted by atomic mass is 9.85. The van der Waals surface area contributed by atoms with E-state index in [4.69, 9.17) is 9.47 Å². The van der Waals surface area contributed by atoms with Crippen LogP contribution in [0.25, 0.3) is 0 Å². The highest BCUT2D eigenvalue weighted by Gasteiger charge is 2.18. The third-order valence-electron chi connectivity index (χ3n) is 4.04. The van der Waals surface area contributed by atoms with E-state index >= 15 is 0 Å². The van der Waals surface area contributed by atoms with E-state index in [1.54, 1.807) is 19.2 Å². The van der Waals surface area contributed by atoms with E-state index in [-0.39, 0.29) is 12.5 Å². The fraction of sp³-hybridized carbons (Fsp3) is 0.368. The van der Waals surface area contributed by atoms with Crippen molar-refractivity contribution in [2.45, 2.75) is 26.7 Å². The number of hydrogen-bond acceptors (Lipinski definition) is 4. The Morgan fingerprint density at radius 3 is 2.75 bits per heavy atom. The van der Waals surface area contributed by atoms with E-state index in [2.05, 4.69) is 23.2 Å². The van der Waals surface area contributed by atoms with E-state index in [1.807, 2.05) is 26.0 Å². The van der Waals surface area contributed by atoms with Gasteiger partial charge in [0.25, 0.3) is 5.91 Å². The van der Waals surface area contributed by atoms with Crippen molar-refractivity contribution in [3.63, 3.8) is 0 Å². The van der Waals surface area contributed by atoms with Crippen LogP contribution in [0, 0.1) is 5.92 Å². The molecule has 0 fully saturated rings. The Bertz CT molecular complexity index is 677. The summed E-state index contributed by atoms with van der Waals surface area (Å²) in [5.41, 5.74) is 5.68. The molecule has 1 aliphatic carbocycles. The van der Waals surface area contributed by atoms with Crippen LogP contribution < -0.4 is 14.9 Å². The first-order valence-corrected chi connectivity index (χ1v) is 7.95. The number of amides is 1. The summed E-state index contributed by atoms with van der Waals surface area (Å²) in [6, 6.07) is 7.20. The summed E-state index contributed by atoms with van der Waals surface area (Å²) in [7, 11) is 1.56. The number of carbonyl (C=O) groups is 1. The number of carbonyl (C=O) groups excluding carboxylic acids is 1. The Kier molecular flexibility index (Phi) is 6.18. The first kappa shape index (κ1) is 17.8. The van der Waals surface area contributed by atoms with Gasteiger partial charge in [-0.15, -0.1) is 0 Å². The highest BCUT2D eigenvalue weighted by molar-refractivity contribution is 6.01. The van der Waals surface area contributed by atoms with E-state index in [1.165, 1.54) is 0 Å². The summed E-state index contributed by atoms with van der Waals surface area (Å²) in [5, 5.41) is 4.25. The monoisotopic (exact) mass is 328 g/mol. The predicted molar refractivity (Wildman–Crippen MR) is 95.4 cm³/mol. The summed E-state index contributed by atoms with van der Waals surface area (Å²) in [4.78, 5) is 12.0. The Morgan fingerprint density at radius 2 is 2.08 bits per heavy atom. The number of allylic oxidation sites excluding steroid dienone is 3. The molecule has 2 rings (SSSR count). The van der Waals surface area contributed by atoms with E-state index in [9.17, 15) is 4.79 Å². The second kappa shape index (κ2) is 8.34. The fourth-order valence-corrected chi connectivity index (χ4v) is 2.47. The first-order valence-electron chi connectivity index (χ1n) is 7.95. The standard InChI is InChI=1S/C19H24N2O3/c1-13(2)15-10-9-14(3)16(11-15)20-21-19(22)12-24-18-8-6-5-7-17(18)23-4/h5-9,15H,1,10-12H2,2-4H3,(H,21,22). The summed E-state index contributed by atoms with van der Waals surface area (Å²) in [5.74, 6) is 1.19. The number of hydrazone groups is 1. The molecule has 1 aromatic rings. The first-order chi connectivity index (χ1) is 11.5. The van der Waals surface area contributed by atoms with Gasteiger partial charge in [0.15, 0.2) is 18.1 Å². The molecule has 1 aromatic carbocycles. The van der Waals surface area contributed by atoms with Gasteiger partial charge in [-0.3, -0.25) is 4.79 Å². The van der Waals surface area contributed by atoms with Crippen LogP contribution in [0.5, 0.6) is 11.5 Å². The van der Waals surface area contributed by atoms with E-state index < -0.39 is 0 Å². The minimum atomic E-state index is -0.307. The molecule has 0 heterocycles. The van der Waals surface area contributed by atoms with Crippen molar-refractivity contribution >= 4 is 11.6 Å². The molecule has 0 radical (unpaired) electrons. The van der Waals surface area contributed by atoms with E-state index in [0.717, 1.165) is 29.7 Å². The Hall–Kier alpha value is -2.56. The molecule has 1 N–H and O–H groups in total. The van der Waals surface area contributed by atoms with Crippen molar-refractivity contribution in [1.29, 1.82) is 0 Å². The van der Waals surface area contributed by atoms with Gasteiger partial charge < -0.3 is 9.47 Å². The van der Waals surface area contributed by atoms with Crippen LogP contribution in [0.15, 0.2) is 53.2 Å². The maximum absolute atomic E-state index is 12.0. The van der Waals surface area contributed by atoms with Crippen molar-refractivity contribution < 1.29 is 14.3 Å². The molecule has 128 valence electrons. The van der Waals surface area contributed by atoms with Crippen molar-refractivity contribution in [3.05, 3.63) is 48.1 Å². The smallest absolute Gasteiger partial charge is 0.277 e. The largest absolute Gasteiger partial charge is 0.493 e. The van der Waals surface area contributed by atoms with Gasteiger partial charge in [-0.1, -0.05) is 30.4 Å². The predicted octanol–water partition coefficient (Wildman–Crippen LogP) is 3.48. The fourth-order valence-electron chi connectivity index (χ4n) is 2.47. The number of hydrogen-bond donors (Lipinski definition) is 1. The topological polar surface area (TPSA) is 59.9 Å². The minimum Gasteiger partial charge on any atom is -0.493 e. The number of methoxy groups -OCH3 is 1. The molecule has 24 heavy (non-hydrogen) atoms. The molecular formula is C19H24N2O3. The Balaban J connectivity index is 1.91. The maximum Gasteiger partial charge on any atom is 0.277 e. The highest BCUT2D eigenvalue weighted by Crippen LogP contribution is 2.27. The second-order valence-corrected chi connectivity index (χ2v) is 5.90. The third kappa shape index (κ3) is 4.72. The van der Waals surface area contributed by atoms with Gasteiger partial charge in [0, 0.05) is 0 Å². The van der Waals surface area contributed by atoms with Crippen LogP contribution in [0.4, 0.5) is 0 Å². The molecule has 1 atom stereocenters. The molecule has 0 bridgehead atoms. The van der Waals surface area contributed by atoms with Crippen LogP contribution >= 0.6 is 0 Å². The highest BCUT2D eigenvalue weighted by atomic mass is 16.5. The number of nitrogens with one attached hydrogen (secondary N) is 1. The lowest BCUT2D eigenvalue weighted by molar-refractivity contribution is -0.123. The van der Waals surface area contributed by atoms with Crippen LogP contribution in [0.3, 0.4) is 0 Å². The average molecular weight is 328 g/mol. The Labute approximate surface area is 143 Å². The van der Waals surface area contributed by atoms with Gasteiger partial charge in [-0.05, 0) is 50.3 Å². The van der Waals surface area contributed by atoms with Crippen molar-refractivity contribution in [3.8, 4) is 11.5 Å². The third-order valence-corrected chi connectivity index (χ3v) is 4.04. The number of ether oxygens (including phenoxy) is 2. The maximum atomic E-state index is 12.0. The lowest BCUT2D eigenvalue weighted by Gasteiger charge is -2.22. The van der Waals surface area contributed by atoms with Gasteiger partial charge in [0.1, 0.15) is 0 Å². The second-order valence-electron chi connectivity index (χ2n) is 5.90. The zero-order chi connectivity index (χ0) is 17.5. The number of nitrogens with zero attached hydrogens (tertiary/aromatic N) is 1. The van der Waals surface area contributed by atoms with Gasteiger partial charge in [-0.25, -0.2) is 5.43 Å². The summed E-state index contributed by atoms with van der Waals surface area (Å²) < 4.78 is 10.7. The normalized spacial score (nSPS) is 18.7. The molecule has 1 aliphatic rings. The summed E-state index contributed by atoms with van der Waals surface area (Å²) in [6.45, 7) is 7.92. The van der Waals surface area contributed by atoms with Crippen LogP contribution in [0.2, 0.25) is 0 Å². The van der Waals surface area contributed by atoms with Crippen molar-refractivity contribution in [2.24, 2.45) is 11.0 Å². The molecule has 0 aliphatic heterocycles. The van der Waals surface area contributed by atoms with Crippen LogP contribution in [-0.2, 0) is 4.79 Å². The minimum absolute atomic E-state index is 0.121. The quantitative estimate of drug-likeness (QED) is 0.642. The van der Waals surface area contributed by atoms with E-state index in [0.29, 0.717) is 17.4 Å². The molecule has 0 spiro atoms. The molecule has 0 aromatic heterocycles. The Morgan fingerprint density at radius 1 is 1.38 bits per heavy atom. The zero-order valence-electron chi connectivity index (χ0n) is 14.5. The van der Waals surface area contributed by atoms with Gasteiger partial charge in [0.05, 0.1) is 12.8 Å².